The summed E-state index contributed by atoms with van der Waals surface area (Å²) >= 11 is 15.6. The number of rotatable bonds is 3. The molecule has 90 valence electrons. The molecule has 2 rings (SSSR count). The van der Waals surface area contributed by atoms with Gasteiger partial charge in [0.25, 0.3) is 0 Å². The Labute approximate surface area is 119 Å². The predicted octanol–water partition coefficient (Wildman–Crippen LogP) is 4.71. The van der Waals surface area contributed by atoms with E-state index in [1.807, 2.05) is 42.2 Å². The first-order chi connectivity index (χ1) is 8.06. The first-order valence-corrected chi connectivity index (χ1v) is 6.60. The summed E-state index contributed by atoms with van der Waals surface area (Å²) in [4.78, 5) is 0. The van der Waals surface area contributed by atoms with Crippen molar-refractivity contribution in [2.24, 2.45) is 7.05 Å². The number of nitrogens with zero attached hydrogens (tertiary/aromatic N) is 1. The molecule has 0 atom stereocenters. The number of hydrogen-bond acceptors (Lipinski definition) is 1. The summed E-state index contributed by atoms with van der Waals surface area (Å²) in [6.45, 7) is 0.696. The van der Waals surface area contributed by atoms with E-state index in [2.05, 4.69) is 21.2 Å². The third-order valence-electron chi connectivity index (χ3n) is 2.37. The Morgan fingerprint density at radius 3 is 2.47 bits per heavy atom. The van der Waals surface area contributed by atoms with Crippen LogP contribution in [0.1, 0.15) is 5.56 Å². The molecule has 2 nitrogen and oxygen atoms in total. The minimum absolute atomic E-state index is 0.611. The molecule has 5 heteroatoms. The first kappa shape index (κ1) is 12.8. The van der Waals surface area contributed by atoms with Crippen LogP contribution in [0.4, 0.5) is 5.69 Å². The van der Waals surface area contributed by atoms with Crippen LogP contribution in [0.25, 0.3) is 0 Å². The van der Waals surface area contributed by atoms with E-state index in [1.165, 1.54) is 5.56 Å². The molecule has 0 aliphatic rings. The Kier molecular flexibility index (Phi) is 4.02. The molecule has 1 aromatic carbocycles. The zero-order chi connectivity index (χ0) is 12.4. The van der Waals surface area contributed by atoms with Gasteiger partial charge in [-0.25, -0.2) is 0 Å². The third-order valence-corrected chi connectivity index (χ3v) is 3.42. The lowest BCUT2D eigenvalue weighted by Gasteiger charge is -2.10. The van der Waals surface area contributed by atoms with E-state index in [4.69, 9.17) is 23.2 Å². The van der Waals surface area contributed by atoms with Gasteiger partial charge < -0.3 is 9.88 Å². The van der Waals surface area contributed by atoms with Crippen molar-refractivity contribution in [3.8, 4) is 0 Å². The van der Waals surface area contributed by atoms with Gasteiger partial charge in [0, 0.05) is 30.5 Å². The van der Waals surface area contributed by atoms with Gasteiger partial charge in [-0.3, -0.25) is 0 Å². The highest BCUT2D eigenvalue weighted by Gasteiger charge is 2.07. The van der Waals surface area contributed by atoms with Crippen LogP contribution < -0.4 is 5.32 Å². The Balaban J connectivity index is 2.14. The molecule has 1 N–H and O–H groups in total. The minimum atomic E-state index is 0.611. The summed E-state index contributed by atoms with van der Waals surface area (Å²) in [6.07, 6.45) is 4.05. The van der Waals surface area contributed by atoms with Crippen LogP contribution in [0.15, 0.2) is 35.1 Å². The fourth-order valence-electron chi connectivity index (χ4n) is 1.57. The molecule has 1 aromatic heterocycles. The number of halogens is 3. The van der Waals surface area contributed by atoms with E-state index in [1.54, 1.807) is 0 Å². The molecular weight excluding hydrogens is 323 g/mol. The summed E-state index contributed by atoms with van der Waals surface area (Å²) < 4.78 is 2.87. The highest BCUT2D eigenvalue weighted by molar-refractivity contribution is 9.10. The van der Waals surface area contributed by atoms with Crippen LogP contribution in [0.3, 0.4) is 0 Å². The standard InChI is InChI=1S/C12H11BrCl2N2/c1-17-3-2-8(7-17)6-16-12-10(14)4-9(13)5-11(12)15/h2-5,7,16H,6H2,1H3. The number of benzene rings is 1. The molecule has 0 fully saturated rings. The fraction of sp³-hybridized carbons (Fsp3) is 0.167. The lowest BCUT2D eigenvalue weighted by Crippen LogP contribution is -2.00. The van der Waals surface area contributed by atoms with Gasteiger partial charge in [0.1, 0.15) is 0 Å². The highest BCUT2D eigenvalue weighted by atomic mass is 79.9. The molecule has 0 saturated carbocycles. The van der Waals surface area contributed by atoms with Crippen molar-refractivity contribution in [3.63, 3.8) is 0 Å². The smallest absolute Gasteiger partial charge is 0.0722 e. The van der Waals surface area contributed by atoms with Gasteiger partial charge in [-0.1, -0.05) is 39.1 Å². The number of aryl methyl sites for hydroxylation is 1. The summed E-state index contributed by atoms with van der Waals surface area (Å²) in [6, 6.07) is 5.69. The van der Waals surface area contributed by atoms with Gasteiger partial charge in [-0.2, -0.15) is 0 Å². The van der Waals surface area contributed by atoms with Gasteiger partial charge in [-0.05, 0) is 23.8 Å². The van der Waals surface area contributed by atoms with E-state index in [0.717, 1.165) is 10.2 Å². The first-order valence-electron chi connectivity index (χ1n) is 5.05. The van der Waals surface area contributed by atoms with Crippen LogP contribution in [-0.4, -0.2) is 4.57 Å². The monoisotopic (exact) mass is 332 g/mol. The molecule has 1 heterocycles. The fourth-order valence-corrected chi connectivity index (χ4v) is 2.91. The second-order valence-corrected chi connectivity index (χ2v) is 5.51. The number of anilines is 1. The third kappa shape index (κ3) is 3.18. The van der Waals surface area contributed by atoms with Gasteiger partial charge in [0.2, 0.25) is 0 Å². The van der Waals surface area contributed by atoms with E-state index < -0.39 is 0 Å². The summed E-state index contributed by atoms with van der Waals surface area (Å²) in [5.41, 5.74) is 1.95. The number of hydrogen-bond donors (Lipinski definition) is 1. The van der Waals surface area contributed by atoms with Crippen LogP contribution in [0, 0.1) is 0 Å². The van der Waals surface area contributed by atoms with E-state index in [9.17, 15) is 0 Å². The topological polar surface area (TPSA) is 17.0 Å². The zero-order valence-electron chi connectivity index (χ0n) is 9.17. The maximum atomic E-state index is 6.12. The lowest BCUT2D eigenvalue weighted by molar-refractivity contribution is 0.920. The maximum absolute atomic E-state index is 6.12. The average molecular weight is 334 g/mol. The van der Waals surface area contributed by atoms with E-state index in [-0.39, 0.29) is 0 Å². The quantitative estimate of drug-likeness (QED) is 0.861. The molecule has 0 amide bonds. The predicted molar refractivity (Wildman–Crippen MR) is 76.9 cm³/mol. The van der Waals surface area contributed by atoms with Crippen molar-refractivity contribution in [3.05, 3.63) is 50.7 Å². The molecule has 0 saturated heterocycles. The minimum Gasteiger partial charge on any atom is -0.378 e. The molecule has 2 aromatic rings. The lowest BCUT2D eigenvalue weighted by atomic mass is 10.3. The second kappa shape index (κ2) is 5.34. The molecule has 0 unspecified atom stereocenters. The maximum Gasteiger partial charge on any atom is 0.0722 e. The Bertz CT molecular complexity index is 514. The summed E-state index contributed by atoms with van der Waals surface area (Å²) in [5.74, 6) is 0. The molecular formula is C12H11BrCl2N2. The molecule has 0 spiro atoms. The van der Waals surface area contributed by atoms with Gasteiger partial charge >= 0.3 is 0 Å². The van der Waals surface area contributed by atoms with Crippen molar-refractivity contribution in [2.45, 2.75) is 6.54 Å². The van der Waals surface area contributed by atoms with Crippen molar-refractivity contribution < 1.29 is 0 Å². The Morgan fingerprint density at radius 1 is 1.29 bits per heavy atom. The van der Waals surface area contributed by atoms with Crippen LogP contribution in [-0.2, 0) is 13.6 Å². The number of nitrogens with one attached hydrogen (secondary N) is 1. The van der Waals surface area contributed by atoms with E-state index in [0.29, 0.717) is 16.6 Å². The average Bonchev–Trinajstić information content (AvgIpc) is 2.62. The normalized spacial score (nSPS) is 10.6. The largest absolute Gasteiger partial charge is 0.378 e. The van der Waals surface area contributed by atoms with Crippen molar-refractivity contribution in [1.29, 1.82) is 0 Å². The van der Waals surface area contributed by atoms with Crippen molar-refractivity contribution in [2.75, 3.05) is 5.32 Å². The van der Waals surface area contributed by atoms with Crippen molar-refractivity contribution >= 4 is 44.8 Å². The SMILES string of the molecule is Cn1ccc(CNc2c(Cl)cc(Br)cc2Cl)c1. The van der Waals surface area contributed by atoms with Crippen LogP contribution >= 0.6 is 39.1 Å². The van der Waals surface area contributed by atoms with Crippen LogP contribution in [0.5, 0.6) is 0 Å². The molecule has 17 heavy (non-hydrogen) atoms. The van der Waals surface area contributed by atoms with Crippen molar-refractivity contribution in [1.82, 2.24) is 4.57 Å². The highest BCUT2D eigenvalue weighted by Crippen LogP contribution is 2.34. The number of aromatic nitrogens is 1. The molecule has 0 bridgehead atoms. The summed E-state index contributed by atoms with van der Waals surface area (Å²) in [7, 11) is 1.99. The summed E-state index contributed by atoms with van der Waals surface area (Å²) in [5, 5.41) is 4.46. The second-order valence-electron chi connectivity index (χ2n) is 3.78. The zero-order valence-corrected chi connectivity index (χ0v) is 12.3. The van der Waals surface area contributed by atoms with E-state index >= 15 is 0 Å². The Hall–Kier alpha value is -0.640. The molecule has 0 aliphatic heterocycles. The molecule has 0 radical (unpaired) electrons. The van der Waals surface area contributed by atoms with Gasteiger partial charge in [0.05, 0.1) is 15.7 Å². The molecule has 0 aliphatic carbocycles. The van der Waals surface area contributed by atoms with Gasteiger partial charge in [-0.15, -0.1) is 0 Å². The van der Waals surface area contributed by atoms with Gasteiger partial charge in [0.15, 0.2) is 0 Å². The van der Waals surface area contributed by atoms with Crippen LogP contribution in [0.2, 0.25) is 10.0 Å². The Morgan fingerprint density at radius 2 is 1.94 bits per heavy atom.